The second-order valence-corrected chi connectivity index (χ2v) is 5.48. The minimum absolute atomic E-state index is 0.0541. The Morgan fingerprint density at radius 2 is 2.00 bits per heavy atom. The largest absolute Gasteiger partial charge is 0.508 e. The Kier molecular flexibility index (Phi) is 4.00. The monoisotopic (exact) mass is 297 g/mol. The number of Topliss-reactive ketones (excluding diaryl/α,β-unsaturated/α-hetero) is 1. The summed E-state index contributed by atoms with van der Waals surface area (Å²) in [5.74, 6) is 1.21. The van der Waals surface area contributed by atoms with Crippen molar-refractivity contribution in [1.82, 2.24) is 0 Å². The number of ether oxygens (including phenoxy) is 1. The van der Waals surface area contributed by atoms with Crippen molar-refractivity contribution in [3.8, 4) is 11.5 Å². The van der Waals surface area contributed by atoms with Crippen LogP contribution in [0.1, 0.15) is 34.8 Å². The second-order valence-electron chi connectivity index (χ2n) is 5.48. The first-order valence-corrected chi connectivity index (χ1v) is 7.46. The van der Waals surface area contributed by atoms with Gasteiger partial charge in [-0.15, -0.1) is 0 Å². The first-order chi connectivity index (χ1) is 10.6. The van der Waals surface area contributed by atoms with E-state index in [0.29, 0.717) is 12.1 Å². The summed E-state index contributed by atoms with van der Waals surface area (Å²) in [6.45, 7) is 2.81. The van der Waals surface area contributed by atoms with Crippen LogP contribution in [0.3, 0.4) is 0 Å². The van der Waals surface area contributed by atoms with Gasteiger partial charge in [0, 0.05) is 28.9 Å². The molecule has 4 nitrogen and oxygen atoms in total. The molecule has 0 radical (unpaired) electrons. The van der Waals surface area contributed by atoms with E-state index in [4.69, 9.17) is 4.74 Å². The molecule has 0 atom stereocenters. The maximum Gasteiger partial charge on any atom is 0.159 e. The third-order valence-corrected chi connectivity index (χ3v) is 3.95. The highest BCUT2D eigenvalue weighted by Crippen LogP contribution is 2.33. The van der Waals surface area contributed by atoms with Gasteiger partial charge in [0.1, 0.15) is 11.5 Å². The zero-order valence-corrected chi connectivity index (χ0v) is 12.6. The van der Waals surface area contributed by atoms with Crippen LogP contribution in [-0.2, 0) is 13.0 Å². The average Bonchev–Trinajstić information content (AvgIpc) is 2.54. The van der Waals surface area contributed by atoms with E-state index >= 15 is 0 Å². The zero-order valence-electron chi connectivity index (χ0n) is 12.6. The van der Waals surface area contributed by atoms with Gasteiger partial charge in [-0.2, -0.15) is 0 Å². The minimum atomic E-state index is 0.0541. The molecule has 0 aliphatic carbocycles. The van der Waals surface area contributed by atoms with Gasteiger partial charge in [0.2, 0.25) is 0 Å². The highest BCUT2D eigenvalue weighted by molar-refractivity contribution is 5.94. The van der Waals surface area contributed by atoms with E-state index in [9.17, 15) is 9.90 Å². The number of hydrogen-bond donors (Lipinski definition) is 2. The van der Waals surface area contributed by atoms with E-state index in [2.05, 4.69) is 5.32 Å². The lowest BCUT2D eigenvalue weighted by Gasteiger charge is -2.21. The summed E-state index contributed by atoms with van der Waals surface area (Å²) in [5, 5.41) is 13.4. The fourth-order valence-electron chi connectivity index (χ4n) is 2.71. The van der Waals surface area contributed by atoms with Gasteiger partial charge < -0.3 is 15.2 Å². The molecule has 3 rings (SSSR count). The highest BCUT2D eigenvalue weighted by Gasteiger charge is 2.17. The number of nitrogens with one attached hydrogen (secondary N) is 1. The standard InChI is InChI=1S/C18H19NO3/c1-12(20)13-4-6-14(7-5-13)19-11-16-15-3-2-10-22-18(15)9-8-17(16)21/h4-9,19,21H,2-3,10-11H2,1H3. The molecule has 4 heteroatoms. The quantitative estimate of drug-likeness (QED) is 0.848. The lowest BCUT2D eigenvalue weighted by Crippen LogP contribution is -2.12. The fourth-order valence-corrected chi connectivity index (χ4v) is 2.71. The van der Waals surface area contributed by atoms with Crippen molar-refractivity contribution in [2.24, 2.45) is 0 Å². The minimum Gasteiger partial charge on any atom is -0.508 e. The zero-order chi connectivity index (χ0) is 15.5. The first-order valence-electron chi connectivity index (χ1n) is 7.46. The topological polar surface area (TPSA) is 58.6 Å². The molecule has 2 aromatic rings. The number of ketones is 1. The number of carbonyl (C=O) groups is 1. The number of anilines is 1. The molecule has 22 heavy (non-hydrogen) atoms. The number of phenolic OH excluding ortho intramolecular Hbond substituents is 1. The summed E-state index contributed by atoms with van der Waals surface area (Å²) in [5.41, 5.74) is 3.57. The van der Waals surface area contributed by atoms with Gasteiger partial charge in [-0.1, -0.05) is 0 Å². The predicted octanol–water partition coefficient (Wildman–Crippen LogP) is 3.53. The van der Waals surface area contributed by atoms with Crippen molar-refractivity contribution in [1.29, 1.82) is 0 Å². The van der Waals surface area contributed by atoms with Gasteiger partial charge in [-0.25, -0.2) is 0 Å². The summed E-state index contributed by atoms with van der Waals surface area (Å²) in [6, 6.07) is 10.9. The molecule has 2 N–H and O–H groups in total. The number of benzene rings is 2. The van der Waals surface area contributed by atoms with Crippen LogP contribution in [0, 0.1) is 0 Å². The Labute approximate surface area is 129 Å². The van der Waals surface area contributed by atoms with Crippen LogP contribution in [0.15, 0.2) is 36.4 Å². The molecule has 1 heterocycles. The van der Waals surface area contributed by atoms with E-state index in [-0.39, 0.29) is 11.5 Å². The molecule has 0 unspecified atom stereocenters. The summed E-state index contributed by atoms with van der Waals surface area (Å²) in [7, 11) is 0. The lowest BCUT2D eigenvalue weighted by atomic mass is 9.99. The van der Waals surface area contributed by atoms with E-state index < -0.39 is 0 Å². The van der Waals surface area contributed by atoms with Gasteiger partial charge in [-0.3, -0.25) is 4.79 Å². The van der Waals surface area contributed by atoms with E-state index in [1.165, 1.54) is 0 Å². The Bertz CT molecular complexity index is 692. The molecule has 1 aliphatic heterocycles. The van der Waals surface area contributed by atoms with Gasteiger partial charge in [0.05, 0.1) is 6.61 Å². The van der Waals surface area contributed by atoms with Crippen molar-refractivity contribution in [3.05, 3.63) is 53.1 Å². The van der Waals surface area contributed by atoms with Crippen LogP contribution in [0.25, 0.3) is 0 Å². The molecule has 1 aliphatic rings. The van der Waals surface area contributed by atoms with Crippen molar-refractivity contribution in [3.63, 3.8) is 0 Å². The highest BCUT2D eigenvalue weighted by atomic mass is 16.5. The number of rotatable bonds is 4. The maximum atomic E-state index is 11.3. The van der Waals surface area contributed by atoms with Gasteiger partial charge in [0.25, 0.3) is 0 Å². The lowest BCUT2D eigenvalue weighted by molar-refractivity contribution is 0.101. The normalized spacial score (nSPS) is 13.1. The third-order valence-electron chi connectivity index (χ3n) is 3.95. The average molecular weight is 297 g/mol. The number of aromatic hydroxyl groups is 1. The summed E-state index contributed by atoms with van der Waals surface area (Å²) in [4.78, 5) is 11.3. The van der Waals surface area contributed by atoms with Crippen molar-refractivity contribution in [2.75, 3.05) is 11.9 Å². The SMILES string of the molecule is CC(=O)c1ccc(NCc2c(O)ccc3c2CCCO3)cc1. The fraction of sp³-hybridized carbons (Fsp3) is 0.278. The Morgan fingerprint density at radius 3 is 2.73 bits per heavy atom. The molecule has 0 spiro atoms. The number of phenols is 1. The Morgan fingerprint density at radius 1 is 1.23 bits per heavy atom. The molecule has 114 valence electrons. The Hall–Kier alpha value is -2.49. The number of carbonyl (C=O) groups excluding carboxylic acids is 1. The van der Waals surface area contributed by atoms with Crippen LogP contribution in [0.5, 0.6) is 11.5 Å². The van der Waals surface area contributed by atoms with Crippen LogP contribution in [-0.4, -0.2) is 17.5 Å². The van der Waals surface area contributed by atoms with E-state index in [1.54, 1.807) is 25.1 Å². The predicted molar refractivity (Wildman–Crippen MR) is 85.7 cm³/mol. The van der Waals surface area contributed by atoms with E-state index in [0.717, 1.165) is 42.0 Å². The maximum absolute atomic E-state index is 11.3. The second kappa shape index (κ2) is 6.10. The van der Waals surface area contributed by atoms with Crippen LogP contribution < -0.4 is 10.1 Å². The van der Waals surface area contributed by atoms with Crippen LogP contribution in [0.4, 0.5) is 5.69 Å². The van der Waals surface area contributed by atoms with Crippen LogP contribution >= 0.6 is 0 Å². The number of fused-ring (bicyclic) bond motifs is 1. The van der Waals surface area contributed by atoms with Gasteiger partial charge >= 0.3 is 0 Å². The summed E-state index contributed by atoms with van der Waals surface area (Å²) >= 11 is 0. The van der Waals surface area contributed by atoms with Crippen LogP contribution in [0.2, 0.25) is 0 Å². The Balaban J connectivity index is 1.77. The molecule has 2 aromatic carbocycles. The molecule has 0 saturated carbocycles. The van der Waals surface area contributed by atoms with Crippen molar-refractivity contribution < 1.29 is 14.6 Å². The number of hydrogen-bond acceptors (Lipinski definition) is 4. The third kappa shape index (κ3) is 2.91. The molecule has 0 bridgehead atoms. The molecule has 0 amide bonds. The van der Waals surface area contributed by atoms with Gasteiger partial charge in [0.15, 0.2) is 5.78 Å². The smallest absolute Gasteiger partial charge is 0.159 e. The van der Waals surface area contributed by atoms with Gasteiger partial charge in [-0.05, 0) is 56.2 Å². The first kappa shape index (κ1) is 14.4. The molecular weight excluding hydrogens is 278 g/mol. The van der Waals surface area contributed by atoms with Crippen molar-refractivity contribution in [2.45, 2.75) is 26.3 Å². The summed E-state index contributed by atoms with van der Waals surface area (Å²) in [6.07, 6.45) is 1.89. The molecule has 0 fully saturated rings. The summed E-state index contributed by atoms with van der Waals surface area (Å²) < 4.78 is 5.64. The molecule has 0 saturated heterocycles. The molecule has 0 aromatic heterocycles. The van der Waals surface area contributed by atoms with Crippen molar-refractivity contribution >= 4 is 11.5 Å². The molecular formula is C18H19NO3. The van der Waals surface area contributed by atoms with E-state index in [1.807, 2.05) is 18.2 Å².